The van der Waals surface area contributed by atoms with Crippen molar-refractivity contribution in [3.05, 3.63) is 12.2 Å². The van der Waals surface area contributed by atoms with E-state index in [-0.39, 0.29) is 36.8 Å². The average molecular weight is 529 g/mol. The number of carboxylic acid groups (broad SMARTS) is 1. The third kappa shape index (κ3) is 16.5. The van der Waals surface area contributed by atoms with Gasteiger partial charge in [-0.2, -0.15) is 0 Å². The van der Waals surface area contributed by atoms with Gasteiger partial charge in [0.25, 0.3) is 11.8 Å². The predicted octanol–water partition coefficient (Wildman–Crippen LogP) is -0.664. The summed E-state index contributed by atoms with van der Waals surface area (Å²) in [5.74, 6) is -1.91. The number of carbonyl (C=O) groups excluding carboxylic acids is 4. The molecule has 0 aliphatic carbocycles. The monoisotopic (exact) mass is 528 g/mol. The fourth-order valence-electron chi connectivity index (χ4n) is 3.23. The molecule has 0 saturated heterocycles. The fourth-order valence-corrected chi connectivity index (χ4v) is 3.23. The highest BCUT2D eigenvalue weighted by Crippen LogP contribution is 2.07. The Balaban J connectivity index is 1.80. The quantitative estimate of drug-likeness (QED) is 0.0979. The summed E-state index contributed by atoms with van der Waals surface area (Å²) >= 11 is 0. The van der Waals surface area contributed by atoms with Crippen LogP contribution >= 0.6 is 0 Å². The van der Waals surface area contributed by atoms with Gasteiger partial charge < -0.3 is 35.7 Å². The third-order valence-corrected chi connectivity index (χ3v) is 5.31. The lowest BCUT2D eigenvalue weighted by Gasteiger charge is -2.13. The molecule has 1 rings (SSSR count). The summed E-state index contributed by atoms with van der Waals surface area (Å²) in [6.45, 7) is 2.79. The Bertz CT molecular complexity index is 743. The highest BCUT2D eigenvalue weighted by atomic mass is 16.5. The van der Waals surface area contributed by atoms with Crippen molar-refractivity contribution in [2.45, 2.75) is 51.0 Å². The van der Waals surface area contributed by atoms with Crippen LogP contribution in [-0.2, 0) is 38.2 Å². The zero-order valence-electron chi connectivity index (χ0n) is 21.3. The maximum Gasteiger partial charge on any atom is 0.320 e. The molecule has 0 saturated carbocycles. The number of carbonyl (C=O) groups is 5. The first-order valence-corrected chi connectivity index (χ1v) is 12.6. The van der Waals surface area contributed by atoms with Gasteiger partial charge in [-0.15, -0.1) is 0 Å². The van der Waals surface area contributed by atoms with E-state index in [1.165, 1.54) is 17.1 Å². The minimum absolute atomic E-state index is 0.0709. The molecular weight excluding hydrogens is 488 g/mol. The molecule has 0 fully saturated rings. The van der Waals surface area contributed by atoms with Crippen LogP contribution in [0.15, 0.2) is 12.2 Å². The molecule has 13 heteroatoms. The number of unbranched alkanes of at least 4 members (excludes halogenated alkanes) is 3. The van der Waals surface area contributed by atoms with E-state index in [4.69, 9.17) is 25.1 Å². The Morgan fingerprint density at radius 1 is 0.811 bits per heavy atom. The molecular formula is C24H40N4O9. The minimum atomic E-state index is -1.03. The summed E-state index contributed by atoms with van der Waals surface area (Å²) in [4.78, 5) is 58.1. The molecule has 1 heterocycles. The Hall–Kier alpha value is -2.87. The molecule has 0 aromatic rings. The second-order valence-corrected chi connectivity index (χ2v) is 8.39. The minimum Gasteiger partial charge on any atom is -0.480 e. The summed E-state index contributed by atoms with van der Waals surface area (Å²) in [6.07, 6.45) is 6.63. The van der Waals surface area contributed by atoms with E-state index in [0.717, 1.165) is 6.42 Å². The molecule has 1 unspecified atom stereocenters. The van der Waals surface area contributed by atoms with Crippen molar-refractivity contribution < 1.29 is 43.3 Å². The second kappa shape index (κ2) is 20.2. The number of carboxylic acids is 1. The van der Waals surface area contributed by atoms with Crippen molar-refractivity contribution in [1.29, 1.82) is 0 Å². The van der Waals surface area contributed by atoms with Gasteiger partial charge in [-0.3, -0.25) is 28.9 Å². The Kier molecular flexibility index (Phi) is 17.6. The van der Waals surface area contributed by atoms with Crippen LogP contribution in [0.4, 0.5) is 0 Å². The summed E-state index contributed by atoms with van der Waals surface area (Å²) in [5.41, 5.74) is 5.40. The van der Waals surface area contributed by atoms with Gasteiger partial charge in [0.1, 0.15) is 12.6 Å². The predicted molar refractivity (Wildman–Crippen MR) is 132 cm³/mol. The standard InChI is InChI=1S/C24H40N4O9/c25-19(24(33)34)6-3-4-10-26-21(30)18-37-17-16-36-15-14-35-13-11-27-20(29)7-2-1-5-12-28-22(31)8-9-23(28)32/h8-9,19H,1-7,10-18,25H2,(H,26,30)(H,27,29)(H,33,34). The lowest BCUT2D eigenvalue weighted by atomic mass is 10.1. The maximum atomic E-state index is 11.8. The lowest BCUT2D eigenvalue weighted by molar-refractivity contribution is -0.139. The topological polar surface area (TPSA) is 187 Å². The van der Waals surface area contributed by atoms with Crippen LogP contribution in [-0.4, -0.2) is 105 Å². The van der Waals surface area contributed by atoms with E-state index in [1.807, 2.05) is 0 Å². The number of rotatable bonds is 23. The van der Waals surface area contributed by atoms with E-state index in [2.05, 4.69) is 10.6 Å². The SMILES string of the molecule is NC(CCCCNC(=O)COCCOCCOCCNC(=O)CCCCCN1C(=O)C=CC1=O)C(=O)O. The van der Waals surface area contributed by atoms with E-state index < -0.39 is 12.0 Å². The van der Waals surface area contributed by atoms with Crippen molar-refractivity contribution >= 4 is 29.6 Å². The first-order chi connectivity index (χ1) is 17.8. The Morgan fingerprint density at radius 2 is 1.43 bits per heavy atom. The van der Waals surface area contributed by atoms with E-state index >= 15 is 0 Å². The van der Waals surface area contributed by atoms with Gasteiger partial charge in [0.05, 0.1) is 33.0 Å². The van der Waals surface area contributed by atoms with Crippen LogP contribution < -0.4 is 16.4 Å². The number of nitrogens with zero attached hydrogens (tertiary/aromatic N) is 1. The molecule has 1 atom stereocenters. The highest BCUT2D eigenvalue weighted by Gasteiger charge is 2.22. The summed E-state index contributed by atoms with van der Waals surface area (Å²) in [7, 11) is 0. The first-order valence-electron chi connectivity index (χ1n) is 12.6. The van der Waals surface area contributed by atoms with Gasteiger partial charge in [0, 0.05) is 38.2 Å². The van der Waals surface area contributed by atoms with E-state index in [9.17, 15) is 24.0 Å². The van der Waals surface area contributed by atoms with E-state index in [1.54, 1.807) is 0 Å². The third-order valence-electron chi connectivity index (χ3n) is 5.31. The highest BCUT2D eigenvalue weighted by molar-refractivity contribution is 6.12. The van der Waals surface area contributed by atoms with Crippen LogP contribution in [0.5, 0.6) is 0 Å². The van der Waals surface area contributed by atoms with Crippen LogP contribution in [0, 0.1) is 0 Å². The summed E-state index contributed by atoms with van der Waals surface area (Å²) < 4.78 is 15.9. The number of aliphatic carboxylic acids is 1. The number of ether oxygens (including phenoxy) is 3. The smallest absolute Gasteiger partial charge is 0.320 e. The molecule has 1 aliphatic heterocycles. The van der Waals surface area contributed by atoms with Crippen molar-refractivity contribution in [3.63, 3.8) is 0 Å². The number of nitrogens with two attached hydrogens (primary N) is 1. The molecule has 13 nitrogen and oxygen atoms in total. The number of nitrogens with one attached hydrogen (secondary N) is 2. The molecule has 37 heavy (non-hydrogen) atoms. The Morgan fingerprint density at radius 3 is 2.11 bits per heavy atom. The van der Waals surface area contributed by atoms with Gasteiger partial charge in [-0.05, 0) is 32.1 Å². The zero-order valence-corrected chi connectivity index (χ0v) is 21.3. The van der Waals surface area contributed by atoms with Crippen LogP contribution in [0.25, 0.3) is 0 Å². The van der Waals surface area contributed by atoms with Crippen LogP contribution in [0.3, 0.4) is 0 Å². The number of hydrogen-bond acceptors (Lipinski definition) is 9. The van der Waals surface area contributed by atoms with Gasteiger partial charge in [-0.1, -0.05) is 6.42 Å². The fraction of sp³-hybridized carbons (Fsp3) is 0.708. The van der Waals surface area contributed by atoms with Crippen molar-refractivity contribution in [3.8, 4) is 0 Å². The van der Waals surface area contributed by atoms with Crippen molar-refractivity contribution in [1.82, 2.24) is 15.5 Å². The van der Waals surface area contributed by atoms with E-state index in [0.29, 0.717) is 84.6 Å². The maximum absolute atomic E-state index is 11.8. The number of imide groups is 1. The normalized spacial score (nSPS) is 13.7. The molecule has 0 bridgehead atoms. The number of amides is 4. The Labute approximate surface area is 217 Å². The van der Waals surface area contributed by atoms with Gasteiger partial charge in [0.15, 0.2) is 0 Å². The second-order valence-electron chi connectivity index (χ2n) is 8.39. The zero-order chi connectivity index (χ0) is 27.3. The lowest BCUT2D eigenvalue weighted by Crippen LogP contribution is -2.31. The van der Waals surface area contributed by atoms with Gasteiger partial charge in [-0.25, -0.2) is 0 Å². The van der Waals surface area contributed by atoms with Crippen LogP contribution in [0.2, 0.25) is 0 Å². The van der Waals surface area contributed by atoms with Gasteiger partial charge >= 0.3 is 5.97 Å². The molecule has 5 N–H and O–H groups in total. The molecule has 4 amide bonds. The van der Waals surface area contributed by atoms with Crippen LogP contribution in [0.1, 0.15) is 44.9 Å². The molecule has 0 aromatic carbocycles. The molecule has 0 spiro atoms. The molecule has 210 valence electrons. The van der Waals surface area contributed by atoms with Crippen molar-refractivity contribution in [2.24, 2.45) is 5.73 Å². The number of hydrogen-bond donors (Lipinski definition) is 4. The van der Waals surface area contributed by atoms with Gasteiger partial charge in [0.2, 0.25) is 11.8 Å². The molecule has 0 radical (unpaired) electrons. The van der Waals surface area contributed by atoms with Crippen molar-refractivity contribution in [2.75, 3.05) is 59.3 Å². The largest absolute Gasteiger partial charge is 0.480 e. The summed E-state index contributed by atoms with van der Waals surface area (Å²) in [5, 5.41) is 14.1. The molecule has 1 aliphatic rings. The summed E-state index contributed by atoms with van der Waals surface area (Å²) in [6, 6.07) is -0.870. The molecule has 0 aromatic heterocycles. The first kappa shape index (κ1) is 32.2. The average Bonchev–Trinajstić information content (AvgIpc) is 3.18.